The first-order chi connectivity index (χ1) is 6.20. The summed E-state index contributed by atoms with van der Waals surface area (Å²) in [5.41, 5.74) is 0. The topological polar surface area (TPSA) is 35.5 Å². The Morgan fingerprint density at radius 1 is 1.46 bits per heavy atom. The van der Waals surface area contributed by atoms with Gasteiger partial charge in [0.2, 0.25) is 0 Å². The van der Waals surface area contributed by atoms with Crippen LogP contribution in [-0.4, -0.2) is 25.3 Å². The molecule has 0 aromatic rings. The van der Waals surface area contributed by atoms with Crippen molar-refractivity contribution in [2.75, 3.05) is 13.2 Å². The Morgan fingerprint density at radius 3 is 2.69 bits per heavy atom. The molecule has 0 aliphatic carbocycles. The molecule has 0 N–H and O–H groups in total. The lowest BCUT2D eigenvalue weighted by Gasteiger charge is -2.06. The quantitative estimate of drug-likeness (QED) is 0.469. The first-order valence-corrected chi connectivity index (χ1v) is 4.65. The van der Waals surface area contributed by atoms with Gasteiger partial charge in [0.15, 0.2) is 0 Å². The molecular weight excluding hydrogens is 168 g/mol. The Balaban J connectivity index is 3.46. The maximum atomic E-state index is 10.8. The molecule has 0 aliphatic heterocycles. The van der Waals surface area contributed by atoms with E-state index in [9.17, 15) is 4.79 Å². The zero-order chi connectivity index (χ0) is 10.1. The van der Waals surface area contributed by atoms with Gasteiger partial charge in [-0.2, -0.15) is 0 Å². The lowest BCUT2D eigenvalue weighted by Crippen LogP contribution is -2.06. The van der Waals surface area contributed by atoms with Crippen molar-refractivity contribution in [1.29, 1.82) is 0 Å². The monoisotopic (exact) mass is 186 g/mol. The molecule has 13 heavy (non-hydrogen) atoms. The number of hydrogen-bond acceptors (Lipinski definition) is 3. The minimum Gasteiger partial charge on any atom is -0.463 e. The summed E-state index contributed by atoms with van der Waals surface area (Å²) in [5.74, 6) is -0.310. The van der Waals surface area contributed by atoms with Crippen LogP contribution in [0, 0.1) is 0 Å². The third kappa shape index (κ3) is 7.53. The standard InChI is InChI=1S/C10H18O3/c1-4-9(3)13-8-6-7-10(11)12-5-2/h6-7,9H,4-5,8H2,1-3H3/b7-6+. The van der Waals surface area contributed by atoms with Gasteiger partial charge < -0.3 is 9.47 Å². The molecule has 3 heteroatoms. The van der Waals surface area contributed by atoms with E-state index in [1.165, 1.54) is 6.08 Å². The average Bonchev–Trinajstić information content (AvgIpc) is 2.12. The van der Waals surface area contributed by atoms with Gasteiger partial charge in [-0.3, -0.25) is 0 Å². The molecule has 0 aliphatic rings. The van der Waals surface area contributed by atoms with Crippen LogP contribution in [-0.2, 0) is 14.3 Å². The van der Waals surface area contributed by atoms with Gasteiger partial charge in [0.1, 0.15) is 0 Å². The fourth-order valence-electron chi connectivity index (χ4n) is 0.672. The van der Waals surface area contributed by atoms with Crippen molar-refractivity contribution in [1.82, 2.24) is 0 Å². The van der Waals surface area contributed by atoms with Crippen LogP contribution in [0.2, 0.25) is 0 Å². The molecule has 0 spiro atoms. The smallest absolute Gasteiger partial charge is 0.330 e. The second kappa shape index (κ2) is 7.80. The lowest BCUT2D eigenvalue weighted by atomic mass is 10.3. The number of carbonyl (C=O) groups excluding carboxylic acids is 1. The van der Waals surface area contributed by atoms with E-state index in [-0.39, 0.29) is 12.1 Å². The molecule has 0 fully saturated rings. The molecular formula is C10H18O3. The SMILES string of the molecule is CCOC(=O)/C=C/COC(C)CC. The van der Waals surface area contributed by atoms with E-state index in [4.69, 9.17) is 9.47 Å². The van der Waals surface area contributed by atoms with E-state index in [2.05, 4.69) is 6.92 Å². The van der Waals surface area contributed by atoms with Crippen LogP contribution in [0.5, 0.6) is 0 Å². The first kappa shape index (κ1) is 12.2. The minimum atomic E-state index is -0.310. The van der Waals surface area contributed by atoms with E-state index in [0.717, 1.165) is 6.42 Å². The van der Waals surface area contributed by atoms with Crippen molar-refractivity contribution in [2.24, 2.45) is 0 Å². The van der Waals surface area contributed by atoms with Crippen LogP contribution in [0.25, 0.3) is 0 Å². The number of esters is 1. The molecule has 0 saturated carbocycles. The van der Waals surface area contributed by atoms with Crippen molar-refractivity contribution in [3.8, 4) is 0 Å². The van der Waals surface area contributed by atoms with Crippen LogP contribution in [0.1, 0.15) is 27.2 Å². The summed E-state index contributed by atoms with van der Waals surface area (Å²) in [7, 11) is 0. The Hall–Kier alpha value is -0.830. The Labute approximate surface area is 79.7 Å². The van der Waals surface area contributed by atoms with E-state index in [0.29, 0.717) is 13.2 Å². The predicted molar refractivity (Wildman–Crippen MR) is 51.5 cm³/mol. The number of ether oxygens (including phenoxy) is 2. The second-order valence-electron chi connectivity index (χ2n) is 2.71. The molecule has 76 valence electrons. The van der Waals surface area contributed by atoms with Gasteiger partial charge in [0.05, 0.1) is 19.3 Å². The summed E-state index contributed by atoms with van der Waals surface area (Å²) < 4.78 is 10.0. The largest absolute Gasteiger partial charge is 0.463 e. The molecule has 0 heterocycles. The highest BCUT2D eigenvalue weighted by Crippen LogP contribution is 1.95. The lowest BCUT2D eigenvalue weighted by molar-refractivity contribution is -0.137. The van der Waals surface area contributed by atoms with Gasteiger partial charge in [-0.15, -0.1) is 0 Å². The zero-order valence-electron chi connectivity index (χ0n) is 8.58. The van der Waals surface area contributed by atoms with Gasteiger partial charge in [0.25, 0.3) is 0 Å². The fraction of sp³-hybridized carbons (Fsp3) is 0.700. The van der Waals surface area contributed by atoms with Crippen LogP contribution in [0.4, 0.5) is 0 Å². The fourth-order valence-corrected chi connectivity index (χ4v) is 0.672. The minimum absolute atomic E-state index is 0.242. The number of hydrogen-bond donors (Lipinski definition) is 0. The van der Waals surface area contributed by atoms with Crippen LogP contribution < -0.4 is 0 Å². The average molecular weight is 186 g/mol. The van der Waals surface area contributed by atoms with Crippen molar-refractivity contribution in [2.45, 2.75) is 33.3 Å². The summed E-state index contributed by atoms with van der Waals surface area (Å²) in [4.78, 5) is 10.8. The highest BCUT2D eigenvalue weighted by atomic mass is 16.5. The van der Waals surface area contributed by atoms with Crippen molar-refractivity contribution < 1.29 is 14.3 Å². The Morgan fingerprint density at radius 2 is 2.15 bits per heavy atom. The van der Waals surface area contributed by atoms with Gasteiger partial charge in [-0.1, -0.05) is 13.0 Å². The molecule has 1 unspecified atom stereocenters. The Kier molecular flexibility index (Phi) is 7.30. The molecule has 0 radical (unpaired) electrons. The van der Waals surface area contributed by atoms with Crippen molar-refractivity contribution >= 4 is 5.97 Å². The molecule has 0 amide bonds. The van der Waals surface area contributed by atoms with Gasteiger partial charge >= 0.3 is 5.97 Å². The van der Waals surface area contributed by atoms with E-state index < -0.39 is 0 Å². The summed E-state index contributed by atoms with van der Waals surface area (Å²) in [6.07, 6.45) is 4.29. The third-order valence-electron chi connectivity index (χ3n) is 1.59. The second-order valence-corrected chi connectivity index (χ2v) is 2.71. The maximum Gasteiger partial charge on any atom is 0.330 e. The van der Waals surface area contributed by atoms with Crippen molar-refractivity contribution in [3.63, 3.8) is 0 Å². The van der Waals surface area contributed by atoms with E-state index in [1.807, 2.05) is 6.92 Å². The molecule has 3 nitrogen and oxygen atoms in total. The van der Waals surface area contributed by atoms with Gasteiger partial charge in [-0.25, -0.2) is 4.79 Å². The van der Waals surface area contributed by atoms with Gasteiger partial charge in [0, 0.05) is 6.08 Å². The molecule has 0 rings (SSSR count). The highest BCUT2D eigenvalue weighted by molar-refractivity contribution is 5.81. The number of rotatable bonds is 6. The Bertz CT molecular complexity index is 164. The first-order valence-electron chi connectivity index (χ1n) is 4.65. The van der Waals surface area contributed by atoms with Crippen LogP contribution >= 0.6 is 0 Å². The third-order valence-corrected chi connectivity index (χ3v) is 1.59. The molecule has 1 atom stereocenters. The predicted octanol–water partition coefficient (Wildman–Crippen LogP) is 1.92. The van der Waals surface area contributed by atoms with Crippen molar-refractivity contribution in [3.05, 3.63) is 12.2 Å². The molecule has 0 aromatic carbocycles. The summed E-state index contributed by atoms with van der Waals surface area (Å²) in [6, 6.07) is 0. The zero-order valence-corrected chi connectivity index (χ0v) is 8.58. The summed E-state index contributed by atoms with van der Waals surface area (Å²) >= 11 is 0. The normalized spacial score (nSPS) is 13.2. The molecule has 0 bridgehead atoms. The maximum absolute atomic E-state index is 10.8. The molecule has 0 aromatic heterocycles. The summed E-state index contributed by atoms with van der Waals surface area (Å²) in [6.45, 7) is 6.71. The number of carbonyl (C=O) groups is 1. The van der Waals surface area contributed by atoms with Crippen LogP contribution in [0.15, 0.2) is 12.2 Å². The van der Waals surface area contributed by atoms with E-state index in [1.54, 1.807) is 13.0 Å². The van der Waals surface area contributed by atoms with Gasteiger partial charge in [-0.05, 0) is 20.3 Å². The molecule has 0 saturated heterocycles. The summed E-state index contributed by atoms with van der Waals surface area (Å²) in [5, 5.41) is 0. The highest BCUT2D eigenvalue weighted by Gasteiger charge is 1.96. The van der Waals surface area contributed by atoms with Crippen LogP contribution in [0.3, 0.4) is 0 Å². The van der Waals surface area contributed by atoms with E-state index >= 15 is 0 Å².